The van der Waals surface area contributed by atoms with Gasteiger partial charge >= 0.3 is 6.09 Å². The van der Waals surface area contributed by atoms with E-state index in [-0.39, 0.29) is 6.10 Å². The Labute approximate surface area is 146 Å². The van der Waals surface area contributed by atoms with Crippen LogP contribution in [0.1, 0.15) is 29.8 Å². The van der Waals surface area contributed by atoms with Gasteiger partial charge in [-0.2, -0.15) is 0 Å². The highest BCUT2D eigenvalue weighted by molar-refractivity contribution is 5.90. The Morgan fingerprint density at radius 1 is 1.12 bits per heavy atom. The fourth-order valence-electron chi connectivity index (χ4n) is 2.58. The zero-order chi connectivity index (χ0) is 17.8. The van der Waals surface area contributed by atoms with Gasteiger partial charge in [-0.15, -0.1) is 0 Å². The van der Waals surface area contributed by atoms with E-state index in [1.807, 2.05) is 68.4 Å². The fourth-order valence-corrected chi connectivity index (χ4v) is 2.58. The molecule has 0 saturated carbocycles. The SMILES string of the molecule is Cc1cccc(-c2onc(C)c2NC(=O)OC(C)c2ccccc2)c1. The minimum atomic E-state index is -0.545. The van der Waals surface area contributed by atoms with Crippen molar-refractivity contribution in [1.29, 1.82) is 0 Å². The number of rotatable bonds is 4. The normalized spacial score (nSPS) is 11.8. The van der Waals surface area contributed by atoms with Crippen LogP contribution in [0, 0.1) is 13.8 Å². The van der Waals surface area contributed by atoms with Crippen molar-refractivity contribution < 1.29 is 14.1 Å². The number of hydrogen-bond donors (Lipinski definition) is 1. The van der Waals surface area contributed by atoms with Gasteiger partial charge in [0.1, 0.15) is 17.5 Å². The van der Waals surface area contributed by atoms with Crippen molar-refractivity contribution in [3.8, 4) is 11.3 Å². The summed E-state index contributed by atoms with van der Waals surface area (Å²) in [6.07, 6.45) is -0.902. The summed E-state index contributed by atoms with van der Waals surface area (Å²) in [7, 11) is 0. The molecule has 0 fully saturated rings. The van der Waals surface area contributed by atoms with E-state index in [9.17, 15) is 4.79 Å². The average Bonchev–Trinajstić information content (AvgIpc) is 2.96. The number of aryl methyl sites for hydroxylation is 2. The molecule has 1 N–H and O–H groups in total. The number of carbonyl (C=O) groups excluding carboxylic acids is 1. The summed E-state index contributed by atoms with van der Waals surface area (Å²) in [5.74, 6) is 0.519. The third-order valence-electron chi connectivity index (χ3n) is 3.92. The van der Waals surface area contributed by atoms with Crippen molar-refractivity contribution >= 4 is 11.8 Å². The lowest BCUT2D eigenvalue weighted by molar-refractivity contribution is 0.121. The molecule has 3 aromatic rings. The largest absolute Gasteiger partial charge is 0.441 e. The van der Waals surface area contributed by atoms with E-state index in [2.05, 4.69) is 10.5 Å². The first-order valence-corrected chi connectivity index (χ1v) is 8.10. The van der Waals surface area contributed by atoms with E-state index in [1.54, 1.807) is 6.92 Å². The number of anilines is 1. The number of hydrogen-bond acceptors (Lipinski definition) is 4. The highest BCUT2D eigenvalue weighted by Gasteiger charge is 2.19. The summed E-state index contributed by atoms with van der Waals surface area (Å²) in [6.45, 7) is 5.60. The lowest BCUT2D eigenvalue weighted by Gasteiger charge is -2.14. The number of nitrogens with zero attached hydrogens (tertiary/aromatic N) is 1. The first-order chi connectivity index (χ1) is 12.0. The first kappa shape index (κ1) is 16.8. The number of amides is 1. The Balaban J connectivity index is 1.77. The number of benzene rings is 2. The molecule has 0 saturated heterocycles. The number of ether oxygens (including phenoxy) is 1. The summed E-state index contributed by atoms with van der Waals surface area (Å²) >= 11 is 0. The number of aromatic nitrogens is 1. The van der Waals surface area contributed by atoms with Gasteiger partial charge in [-0.05, 0) is 32.4 Å². The molecule has 1 heterocycles. The van der Waals surface area contributed by atoms with Gasteiger partial charge in [0.2, 0.25) is 0 Å². The molecule has 3 rings (SSSR count). The molecular weight excluding hydrogens is 316 g/mol. The lowest BCUT2D eigenvalue weighted by atomic mass is 10.1. The monoisotopic (exact) mass is 336 g/mol. The smallest absolute Gasteiger partial charge is 0.412 e. The predicted molar refractivity (Wildman–Crippen MR) is 96.4 cm³/mol. The number of carbonyl (C=O) groups is 1. The fraction of sp³-hybridized carbons (Fsp3) is 0.200. The number of nitrogens with one attached hydrogen (secondary N) is 1. The van der Waals surface area contributed by atoms with Crippen LogP contribution in [0.4, 0.5) is 10.5 Å². The van der Waals surface area contributed by atoms with Crippen LogP contribution in [0.3, 0.4) is 0 Å². The van der Waals surface area contributed by atoms with E-state index < -0.39 is 6.09 Å². The third-order valence-corrected chi connectivity index (χ3v) is 3.92. The summed E-state index contributed by atoms with van der Waals surface area (Å²) in [5.41, 5.74) is 4.00. The van der Waals surface area contributed by atoms with Crippen LogP contribution in [0.2, 0.25) is 0 Å². The maximum Gasteiger partial charge on any atom is 0.412 e. The Hall–Kier alpha value is -3.08. The molecule has 128 valence electrons. The van der Waals surface area contributed by atoms with Crippen LogP contribution in [0.15, 0.2) is 59.1 Å². The van der Waals surface area contributed by atoms with Crippen molar-refractivity contribution in [3.63, 3.8) is 0 Å². The van der Waals surface area contributed by atoms with Gasteiger partial charge in [0.15, 0.2) is 5.76 Å². The van der Waals surface area contributed by atoms with Gasteiger partial charge in [0, 0.05) is 5.56 Å². The molecule has 5 heteroatoms. The Kier molecular flexibility index (Phi) is 4.84. The second-order valence-electron chi connectivity index (χ2n) is 5.92. The van der Waals surface area contributed by atoms with Crippen molar-refractivity contribution in [1.82, 2.24) is 5.16 Å². The molecule has 1 atom stereocenters. The molecule has 0 bridgehead atoms. The first-order valence-electron chi connectivity index (χ1n) is 8.10. The van der Waals surface area contributed by atoms with Crippen LogP contribution in [0.5, 0.6) is 0 Å². The van der Waals surface area contributed by atoms with Gasteiger partial charge in [0.05, 0.1) is 0 Å². The topological polar surface area (TPSA) is 64.4 Å². The van der Waals surface area contributed by atoms with Crippen LogP contribution < -0.4 is 5.32 Å². The van der Waals surface area contributed by atoms with Crippen molar-refractivity contribution in [3.05, 3.63) is 71.4 Å². The minimum Gasteiger partial charge on any atom is -0.441 e. The van der Waals surface area contributed by atoms with Crippen LogP contribution >= 0.6 is 0 Å². The summed E-state index contributed by atoms with van der Waals surface area (Å²) < 4.78 is 10.9. The molecule has 2 aromatic carbocycles. The van der Waals surface area contributed by atoms with Crippen molar-refractivity contribution in [2.24, 2.45) is 0 Å². The maximum absolute atomic E-state index is 12.3. The molecule has 1 aromatic heterocycles. The highest BCUT2D eigenvalue weighted by Crippen LogP contribution is 2.31. The highest BCUT2D eigenvalue weighted by atomic mass is 16.6. The molecule has 0 spiro atoms. The van der Waals surface area contributed by atoms with Crippen LogP contribution in [-0.4, -0.2) is 11.2 Å². The molecule has 0 aliphatic heterocycles. The molecule has 1 unspecified atom stereocenters. The third kappa shape index (κ3) is 3.88. The minimum absolute atomic E-state index is 0.358. The second-order valence-corrected chi connectivity index (χ2v) is 5.92. The standard InChI is InChI=1S/C20H20N2O3/c1-13-8-7-11-17(12-13)19-18(14(2)22-25-19)21-20(23)24-15(3)16-9-5-4-6-10-16/h4-12,15H,1-3H3,(H,21,23). The van der Waals surface area contributed by atoms with Gasteiger partial charge < -0.3 is 9.26 Å². The van der Waals surface area contributed by atoms with Crippen LogP contribution in [-0.2, 0) is 4.74 Å². The Morgan fingerprint density at radius 3 is 2.60 bits per heavy atom. The molecule has 0 aliphatic carbocycles. The molecular formula is C20H20N2O3. The van der Waals surface area contributed by atoms with E-state index in [4.69, 9.17) is 9.26 Å². The van der Waals surface area contributed by atoms with E-state index in [0.29, 0.717) is 17.1 Å². The summed E-state index contributed by atoms with van der Waals surface area (Å²) in [6, 6.07) is 17.4. The van der Waals surface area contributed by atoms with Gasteiger partial charge in [-0.1, -0.05) is 59.3 Å². The summed E-state index contributed by atoms with van der Waals surface area (Å²) in [4.78, 5) is 12.3. The van der Waals surface area contributed by atoms with E-state index >= 15 is 0 Å². The zero-order valence-corrected chi connectivity index (χ0v) is 14.4. The molecule has 5 nitrogen and oxygen atoms in total. The van der Waals surface area contributed by atoms with Gasteiger partial charge in [0.25, 0.3) is 0 Å². The molecule has 0 aliphatic rings. The van der Waals surface area contributed by atoms with Gasteiger partial charge in [-0.25, -0.2) is 4.79 Å². The molecule has 25 heavy (non-hydrogen) atoms. The van der Waals surface area contributed by atoms with Crippen LogP contribution in [0.25, 0.3) is 11.3 Å². The van der Waals surface area contributed by atoms with E-state index in [1.165, 1.54) is 0 Å². The Bertz CT molecular complexity index is 872. The Morgan fingerprint density at radius 2 is 1.88 bits per heavy atom. The second kappa shape index (κ2) is 7.21. The lowest BCUT2D eigenvalue weighted by Crippen LogP contribution is -2.16. The van der Waals surface area contributed by atoms with Gasteiger partial charge in [-0.3, -0.25) is 5.32 Å². The zero-order valence-electron chi connectivity index (χ0n) is 14.4. The molecule has 0 radical (unpaired) electrons. The van der Waals surface area contributed by atoms with E-state index in [0.717, 1.165) is 16.7 Å². The average molecular weight is 336 g/mol. The maximum atomic E-state index is 12.3. The van der Waals surface area contributed by atoms with Crippen molar-refractivity contribution in [2.45, 2.75) is 26.9 Å². The molecule has 1 amide bonds. The quantitative estimate of drug-likeness (QED) is 0.705. The predicted octanol–water partition coefficient (Wildman–Crippen LogP) is 5.27. The summed E-state index contributed by atoms with van der Waals surface area (Å²) in [5, 5.41) is 6.73. The van der Waals surface area contributed by atoms with Crippen molar-refractivity contribution in [2.75, 3.05) is 5.32 Å².